The summed E-state index contributed by atoms with van der Waals surface area (Å²) in [5.41, 5.74) is 7.30. The van der Waals surface area contributed by atoms with Crippen LogP contribution in [0.3, 0.4) is 0 Å². The van der Waals surface area contributed by atoms with Crippen molar-refractivity contribution in [2.75, 3.05) is 0 Å². The summed E-state index contributed by atoms with van der Waals surface area (Å²) in [6.07, 6.45) is 0. The zero-order chi connectivity index (χ0) is 14.6. The van der Waals surface area contributed by atoms with Gasteiger partial charge in [0.2, 0.25) is 5.91 Å². The highest BCUT2D eigenvalue weighted by atomic mass is 16.1. The van der Waals surface area contributed by atoms with Gasteiger partial charge in [-0.15, -0.1) is 0 Å². The Labute approximate surface area is 115 Å². The van der Waals surface area contributed by atoms with Crippen molar-refractivity contribution in [1.29, 1.82) is 0 Å². The first kappa shape index (κ1) is 15.4. The standard InChI is InChI=1S/C16H24N2O/c1-11(2)14(16(3,4)5)18-13(15(17)19)12-9-7-6-8-10-12/h6-11,13H,1-5H3,(H2,17,19). The van der Waals surface area contributed by atoms with E-state index in [4.69, 9.17) is 5.73 Å². The van der Waals surface area contributed by atoms with E-state index in [1.807, 2.05) is 30.3 Å². The van der Waals surface area contributed by atoms with E-state index in [1.54, 1.807) is 0 Å². The second-order valence-electron chi connectivity index (χ2n) is 6.13. The van der Waals surface area contributed by atoms with Gasteiger partial charge in [0.1, 0.15) is 0 Å². The van der Waals surface area contributed by atoms with Gasteiger partial charge in [0.15, 0.2) is 6.04 Å². The Hall–Kier alpha value is -1.64. The minimum atomic E-state index is -0.599. The average molecular weight is 260 g/mol. The van der Waals surface area contributed by atoms with E-state index >= 15 is 0 Å². The molecule has 104 valence electrons. The number of hydrogen-bond donors (Lipinski definition) is 1. The number of benzene rings is 1. The minimum absolute atomic E-state index is 0.0728. The van der Waals surface area contributed by atoms with Crippen LogP contribution < -0.4 is 5.73 Å². The number of carbonyl (C=O) groups is 1. The van der Waals surface area contributed by atoms with Crippen LogP contribution >= 0.6 is 0 Å². The van der Waals surface area contributed by atoms with E-state index in [0.29, 0.717) is 0 Å². The zero-order valence-corrected chi connectivity index (χ0v) is 12.5. The third-order valence-electron chi connectivity index (χ3n) is 2.97. The monoisotopic (exact) mass is 260 g/mol. The summed E-state index contributed by atoms with van der Waals surface area (Å²) < 4.78 is 0. The number of primary amides is 1. The fourth-order valence-electron chi connectivity index (χ4n) is 2.29. The summed E-state index contributed by atoms with van der Waals surface area (Å²) >= 11 is 0. The van der Waals surface area contributed by atoms with Gasteiger partial charge < -0.3 is 5.73 Å². The summed E-state index contributed by atoms with van der Waals surface area (Å²) in [5, 5.41) is 0. The quantitative estimate of drug-likeness (QED) is 0.829. The third kappa shape index (κ3) is 4.19. The Balaban J connectivity index is 3.24. The lowest BCUT2D eigenvalue weighted by Gasteiger charge is -2.26. The number of rotatable bonds is 4. The van der Waals surface area contributed by atoms with Gasteiger partial charge in [0.05, 0.1) is 0 Å². The SMILES string of the molecule is CC(C)C(=NC(C(N)=O)c1ccccc1)C(C)(C)C. The van der Waals surface area contributed by atoms with Gasteiger partial charge in [-0.05, 0) is 11.5 Å². The van der Waals surface area contributed by atoms with Crippen molar-refractivity contribution in [3.05, 3.63) is 35.9 Å². The molecule has 0 saturated heterocycles. The molecule has 0 aromatic heterocycles. The molecule has 0 aliphatic heterocycles. The Bertz CT molecular complexity index is 455. The summed E-state index contributed by atoms with van der Waals surface area (Å²) in [6.45, 7) is 10.5. The molecule has 1 aromatic rings. The van der Waals surface area contributed by atoms with Crippen LogP contribution in [0.1, 0.15) is 46.2 Å². The molecule has 3 nitrogen and oxygen atoms in total. The van der Waals surface area contributed by atoms with Crippen LogP contribution in [0.15, 0.2) is 35.3 Å². The maximum Gasteiger partial charge on any atom is 0.246 e. The van der Waals surface area contributed by atoms with Crippen molar-refractivity contribution in [2.45, 2.75) is 40.7 Å². The van der Waals surface area contributed by atoms with Crippen LogP contribution in [0.25, 0.3) is 0 Å². The molecule has 0 aliphatic carbocycles. The van der Waals surface area contributed by atoms with E-state index in [9.17, 15) is 4.79 Å². The highest BCUT2D eigenvalue weighted by molar-refractivity contribution is 5.93. The minimum Gasteiger partial charge on any atom is -0.368 e. The summed E-state index contributed by atoms with van der Waals surface area (Å²) in [5.74, 6) is -0.126. The Morgan fingerprint density at radius 1 is 1.16 bits per heavy atom. The van der Waals surface area contributed by atoms with Crippen molar-refractivity contribution in [2.24, 2.45) is 22.1 Å². The second-order valence-corrected chi connectivity index (χ2v) is 6.13. The molecule has 0 aliphatic rings. The van der Waals surface area contributed by atoms with Crippen molar-refractivity contribution in [1.82, 2.24) is 0 Å². The number of amides is 1. The molecule has 0 fully saturated rings. The molecule has 0 bridgehead atoms. The molecule has 2 N–H and O–H groups in total. The molecule has 1 atom stereocenters. The molecule has 0 spiro atoms. The third-order valence-corrected chi connectivity index (χ3v) is 2.97. The molecular formula is C16H24N2O. The van der Waals surface area contributed by atoms with Gasteiger partial charge in [-0.25, -0.2) is 0 Å². The lowest BCUT2D eigenvalue weighted by molar-refractivity contribution is -0.119. The fourth-order valence-corrected chi connectivity index (χ4v) is 2.29. The molecule has 1 rings (SSSR count). The summed E-state index contributed by atoms with van der Waals surface area (Å²) in [6, 6.07) is 8.88. The first-order chi connectivity index (χ1) is 8.73. The number of nitrogens with two attached hydrogens (primary N) is 1. The van der Waals surface area contributed by atoms with Crippen LogP contribution in [-0.2, 0) is 4.79 Å². The Morgan fingerprint density at radius 3 is 2.05 bits per heavy atom. The topological polar surface area (TPSA) is 55.4 Å². The molecule has 1 unspecified atom stereocenters. The summed E-state index contributed by atoms with van der Waals surface area (Å²) in [4.78, 5) is 16.4. The Morgan fingerprint density at radius 2 is 1.68 bits per heavy atom. The highest BCUT2D eigenvalue weighted by Crippen LogP contribution is 2.26. The highest BCUT2D eigenvalue weighted by Gasteiger charge is 2.25. The van der Waals surface area contributed by atoms with E-state index in [1.165, 1.54) is 0 Å². The molecule has 19 heavy (non-hydrogen) atoms. The number of hydrogen-bond acceptors (Lipinski definition) is 2. The largest absolute Gasteiger partial charge is 0.368 e. The van der Waals surface area contributed by atoms with Crippen molar-refractivity contribution >= 4 is 11.6 Å². The second kappa shape index (κ2) is 6.00. The number of nitrogens with zero attached hydrogens (tertiary/aromatic N) is 1. The van der Waals surface area contributed by atoms with Crippen molar-refractivity contribution < 1.29 is 4.79 Å². The van der Waals surface area contributed by atoms with Gasteiger partial charge in [-0.1, -0.05) is 65.0 Å². The average Bonchev–Trinajstić information content (AvgIpc) is 2.28. The van der Waals surface area contributed by atoms with E-state index in [0.717, 1.165) is 11.3 Å². The van der Waals surface area contributed by atoms with Crippen LogP contribution in [0, 0.1) is 11.3 Å². The van der Waals surface area contributed by atoms with Crippen LogP contribution in [0.2, 0.25) is 0 Å². The first-order valence-corrected chi connectivity index (χ1v) is 6.66. The smallest absolute Gasteiger partial charge is 0.246 e. The molecule has 1 amide bonds. The van der Waals surface area contributed by atoms with E-state index in [2.05, 4.69) is 39.6 Å². The van der Waals surface area contributed by atoms with Crippen molar-refractivity contribution in [3.63, 3.8) is 0 Å². The predicted octanol–water partition coefficient (Wildman–Crippen LogP) is 3.36. The van der Waals surface area contributed by atoms with Gasteiger partial charge in [0.25, 0.3) is 0 Å². The van der Waals surface area contributed by atoms with Gasteiger partial charge in [0, 0.05) is 11.1 Å². The molecule has 0 saturated carbocycles. The van der Waals surface area contributed by atoms with E-state index in [-0.39, 0.29) is 11.3 Å². The molecule has 1 aromatic carbocycles. The van der Waals surface area contributed by atoms with Crippen LogP contribution in [-0.4, -0.2) is 11.6 Å². The molecule has 3 heteroatoms. The van der Waals surface area contributed by atoms with Gasteiger partial charge in [-0.3, -0.25) is 9.79 Å². The predicted molar refractivity (Wildman–Crippen MR) is 80.1 cm³/mol. The van der Waals surface area contributed by atoms with Gasteiger partial charge in [-0.2, -0.15) is 0 Å². The van der Waals surface area contributed by atoms with Crippen molar-refractivity contribution in [3.8, 4) is 0 Å². The van der Waals surface area contributed by atoms with Crippen LogP contribution in [0.4, 0.5) is 0 Å². The van der Waals surface area contributed by atoms with Gasteiger partial charge >= 0.3 is 0 Å². The Kier molecular flexibility index (Phi) is 4.87. The summed E-state index contributed by atoms with van der Waals surface area (Å²) in [7, 11) is 0. The number of carbonyl (C=O) groups excluding carboxylic acids is 1. The number of aliphatic imine (C=N–C) groups is 1. The lowest BCUT2D eigenvalue weighted by atomic mass is 9.83. The lowest BCUT2D eigenvalue weighted by Crippen LogP contribution is -2.29. The zero-order valence-electron chi connectivity index (χ0n) is 12.5. The molecule has 0 heterocycles. The fraction of sp³-hybridized carbons (Fsp3) is 0.500. The van der Waals surface area contributed by atoms with E-state index < -0.39 is 11.9 Å². The molecule has 0 radical (unpaired) electrons. The first-order valence-electron chi connectivity index (χ1n) is 6.66. The molecular weight excluding hydrogens is 236 g/mol. The van der Waals surface area contributed by atoms with Crippen LogP contribution in [0.5, 0.6) is 0 Å². The maximum absolute atomic E-state index is 11.7. The maximum atomic E-state index is 11.7. The normalized spacial score (nSPS) is 14.5.